The Kier molecular flexibility index (Phi) is 5.26. The summed E-state index contributed by atoms with van der Waals surface area (Å²) in [5, 5.41) is 26.6. The van der Waals surface area contributed by atoms with Gasteiger partial charge in [-0.3, -0.25) is 14.9 Å². The number of nitrogens with one attached hydrogen (secondary N) is 1. The third kappa shape index (κ3) is 4.57. The van der Waals surface area contributed by atoms with E-state index in [2.05, 4.69) is 25.9 Å². The molecule has 1 heterocycles. The molecule has 0 atom stereocenters. The van der Waals surface area contributed by atoms with Crippen LogP contribution in [-0.4, -0.2) is 36.7 Å². The first-order chi connectivity index (χ1) is 13.0. The quantitative estimate of drug-likeness (QED) is 0.403. The van der Waals surface area contributed by atoms with Gasteiger partial charge in [-0.25, -0.2) is 5.43 Å². The Balaban J connectivity index is 1.60. The van der Waals surface area contributed by atoms with E-state index in [9.17, 15) is 14.9 Å². The highest BCUT2D eigenvalue weighted by molar-refractivity contribution is 5.99. The minimum atomic E-state index is -0.479. The normalized spacial score (nSPS) is 11.2. The predicted octanol–water partition coefficient (Wildman–Crippen LogP) is 1.79. The fourth-order valence-corrected chi connectivity index (χ4v) is 2.21. The standard InChI is InChI=1S/C17H15N7O3/c1-12(13-7-9-15(10-8-13)24(26)27)18-19-16(25)11-23-21-17(20-22-23)14-5-3-2-4-6-14/h2-10H,11H2,1H3,(H,19,25). The average molecular weight is 365 g/mol. The molecule has 0 spiro atoms. The van der Waals surface area contributed by atoms with Crippen LogP contribution >= 0.6 is 0 Å². The van der Waals surface area contributed by atoms with Crippen molar-refractivity contribution in [2.24, 2.45) is 5.10 Å². The number of amides is 1. The van der Waals surface area contributed by atoms with Crippen LogP contribution in [0.25, 0.3) is 11.4 Å². The summed E-state index contributed by atoms with van der Waals surface area (Å²) in [7, 11) is 0. The van der Waals surface area contributed by atoms with Crippen molar-refractivity contribution < 1.29 is 9.72 Å². The highest BCUT2D eigenvalue weighted by atomic mass is 16.6. The molecule has 0 aliphatic rings. The van der Waals surface area contributed by atoms with Crippen molar-refractivity contribution in [1.29, 1.82) is 0 Å². The maximum Gasteiger partial charge on any atom is 0.269 e. The highest BCUT2D eigenvalue weighted by Crippen LogP contribution is 2.13. The van der Waals surface area contributed by atoms with E-state index in [1.165, 1.54) is 16.9 Å². The number of hydrogen-bond acceptors (Lipinski definition) is 7. The number of carbonyl (C=O) groups excluding carboxylic acids is 1. The Morgan fingerprint density at radius 2 is 1.89 bits per heavy atom. The van der Waals surface area contributed by atoms with Gasteiger partial charge in [-0.05, 0) is 29.8 Å². The lowest BCUT2D eigenvalue weighted by Crippen LogP contribution is -2.25. The summed E-state index contributed by atoms with van der Waals surface area (Å²) in [5.74, 6) is 0.00207. The van der Waals surface area contributed by atoms with Crippen LogP contribution in [0.2, 0.25) is 0 Å². The Bertz CT molecular complexity index is 981. The molecule has 0 aliphatic heterocycles. The number of nitro groups is 1. The number of carbonyl (C=O) groups is 1. The minimum Gasteiger partial charge on any atom is -0.271 e. The van der Waals surface area contributed by atoms with Crippen molar-refractivity contribution in [3.8, 4) is 11.4 Å². The first-order valence-corrected chi connectivity index (χ1v) is 7.94. The number of hydrogen-bond donors (Lipinski definition) is 1. The molecular formula is C17H15N7O3. The number of nitrogens with zero attached hydrogens (tertiary/aromatic N) is 6. The van der Waals surface area contributed by atoms with Crippen LogP contribution in [0.1, 0.15) is 12.5 Å². The zero-order valence-corrected chi connectivity index (χ0v) is 14.3. The molecule has 0 fully saturated rings. The van der Waals surface area contributed by atoms with E-state index in [1.807, 2.05) is 30.3 Å². The molecule has 136 valence electrons. The van der Waals surface area contributed by atoms with Gasteiger partial charge in [0.2, 0.25) is 5.82 Å². The van der Waals surface area contributed by atoms with Gasteiger partial charge >= 0.3 is 0 Å². The second-order valence-corrected chi connectivity index (χ2v) is 5.55. The van der Waals surface area contributed by atoms with Gasteiger partial charge in [0, 0.05) is 17.7 Å². The molecule has 1 amide bonds. The van der Waals surface area contributed by atoms with Crippen LogP contribution in [-0.2, 0) is 11.3 Å². The van der Waals surface area contributed by atoms with Crippen molar-refractivity contribution >= 4 is 17.3 Å². The topological polar surface area (TPSA) is 128 Å². The number of aromatic nitrogens is 4. The van der Waals surface area contributed by atoms with Crippen molar-refractivity contribution in [1.82, 2.24) is 25.6 Å². The molecule has 27 heavy (non-hydrogen) atoms. The number of hydrazone groups is 1. The second-order valence-electron chi connectivity index (χ2n) is 5.55. The molecule has 0 saturated heterocycles. The van der Waals surface area contributed by atoms with Crippen LogP contribution in [0.4, 0.5) is 5.69 Å². The second kappa shape index (κ2) is 7.95. The smallest absolute Gasteiger partial charge is 0.269 e. The van der Waals surface area contributed by atoms with Gasteiger partial charge in [0.25, 0.3) is 11.6 Å². The molecule has 1 N–H and O–H groups in total. The summed E-state index contributed by atoms with van der Waals surface area (Å²) >= 11 is 0. The van der Waals surface area contributed by atoms with E-state index in [0.717, 1.165) is 5.56 Å². The van der Waals surface area contributed by atoms with Gasteiger partial charge < -0.3 is 0 Å². The van der Waals surface area contributed by atoms with Crippen LogP contribution < -0.4 is 5.43 Å². The van der Waals surface area contributed by atoms with Gasteiger partial charge in [0.05, 0.1) is 10.6 Å². The summed E-state index contributed by atoms with van der Waals surface area (Å²) in [6.45, 7) is 1.54. The molecule has 10 nitrogen and oxygen atoms in total. The number of rotatable bonds is 6. The largest absolute Gasteiger partial charge is 0.271 e. The fourth-order valence-electron chi connectivity index (χ4n) is 2.21. The third-order valence-electron chi connectivity index (χ3n) is 3.61. The maximum absolute atomic E-state index is 12.0. The molecule has 2 aromatic carbocycles. The number of benzene rings is 2. The number of non-ortho nitro benzene ring substituents is 1. The molecule has 0 radical (unpaired) electrons. The van der Waals surface area contributed by atoms with E-state index in [1.54, 1.807) is 19.1 Å². The van der Waals surface area contributed by atoms with E-state index in [0.29, 0.717) is 17.1 Å². The summed E-state index contributed by atoms with van der Waals surface area (Å²) in [5.41, 5.74) is 4.36. The molecule has 10 heteroatoms. The summed E-state index contributed by atoms with van der Waals surface area (Å²) in [6.07, 6.45) is 0. The first kappa shape index (κ1) is 17.9. The maximum atomic E-state index is 12.0. The average Bonchev–Trinajstić information content (AvgIpc) is 3.15. The summed E-state index contributed by atoms with van der Waals surface area (Å²) < 4.78 is 0. The van der Waals surface area contributed by atoms with E-state index < -0.39 is 10.8 Å². The van der Waals surface area contributed by atoms with Gasteiger partial charge in [0.1, 0.15) is 6.54 Å². The molecule has 0 bridgehead atoms. The van der Waals surface area contributed by atoms with Crippen LogP contribution in [0, 0.1) is 10.1 Å². The summed E-state index contributed by atoms with van der Waals surface area (Å²) in [6, 6.07) is 15.2. The van der Waals surface area contributed by atoms with Crippen molar-refractivity contribution in [2.45, 2.75) is 13.5 Å². The highest BCUT2D eigenvalue weighted by Gasteiger charge is 2.09. The van der Waals surface area contributed by atoms with Crippen LogP contribution in [0.3, 0.4) is 0 Å². The first-order valence-electron chi connectivity index (χ1n) is 7.94. The fraction of sp³-hybridized carbons (Fsp3) is 0.118. The van der Waals surface area contributed by atoms with E-state index in [4.69, 9.17) is 0 Å². The third-order valence-corrected chi connectivity index (χ3v) is 3.61. The Morgan fingerprint density at radius 3 is 2.56 bits per heavy atom. The van der Waals surface area contributed by atoms with Crippen molar-refractivity contribution in [3.05, 3.63) is 70.3 Å². The van der Waals surface area contributed by atoms with Gasteiger partial charge in [-0.15, -0.1) is 10.2 Å². The molecule has 1 aromatic heterocycles. The van der Waals surface area contributed by atoms with E-state index >= 15 is 0 Å². The lowest BCUT2D eigenvalue weighted by molar-refractivity contribution is -0.384. The van der Waals surface area contributed by atoms with Crippen LogP contribution in [0.15, 0.2) is 59.7 Å². The van der Waals surface area contributed by atoms with Crippen molar-refractivity contribution in [3.63, 3.8) is 0 Å². The SMILES string of the molecule is CC(=NNC(=O)Cn1nnc(-c2ccccc2)n1)c1ccc([N+](=O)[O-])cc1. The van der Waals surface area contributed by atoms with Crippen LogP contribution in [0.5, 0.6) is 0 Å². The lowest BCUT2D eigenvalue weighted by Gasteiger charge is -2.02. The minimum absolute atomic E-state index is 0.0120. The molecule has 0 unspecified atom stereocenters. The van der Waals surface area contributed by atoms with Gasteiger partial charge in [-0.1, -0.05) is 30.3 Å². The molecular weight excluding hydrogens is 350 g/mol. The molecule has 3 aromatic rings. The van der Waals surface area contributed by atoms with Gasteiger partial charge in [-0.2, -0.15) is 9.90 Å². The zero-order chi connectivity index (χ0) is 19.2. The molecule has 3 rings (SSSR count). The summed E-state index contributed by atoms with van der Waals surface area (Å²) in [4.78, 5) is 23.4. The Morgan fingerprint density at radius 1 is 1.19 bits per heavy atom. The monoisotopic (exact) mass is 365 g/mol. The Hall–Kier alpha value is -3.95. The predicted molar refractivity (Wildman–Crippen MR) is 96.7 cm³/mol. The van der Waals surface area contributed by atoms with E-state index in [-0.39, 0.29) is 12.2 Å². The number of nitro benzene ring substituents is 1. The Labute approximate surface area is 153 Å². The lowest BCUT2D eigenvalue weighted by atomic mass is 10.1. The number of tetrazole rings is 1. The van der Waals surface area contributed by atoms with Crippen molar-refractivity contribution in [2.75, 3.05) is 0 Å². The molecule has 0 aliphatic carbocycles. The molecule has 0 saturated carbocycles. The van der Waals surface area contributed by atoms with Gasteiger partial charge in [0.15, 0.2) is 0 Å². The zero-order valence-electron chi connectivity index (χ0n) is 14.3.